The van der Waals surface area contributed by atoms with E-state index in [2.05, 4.69) is 23.3 Å². The molecular formula is C26H43NO7S. The van der Waals surface area contributed by atoms with E-state index in [1.807, 2.05) is 6.92 Å². The van der Waals surface area contributed by atoms with Crippen molar-refractivity contribution < 1.29 is 38.7 Å². The van der Waals surface area contributed by atoms with Crippen LogP contribution in [0.5, 0.6) is 0 Å². The van der Waals surface area contributed by atoms with Crippen LogP contribution < -0.4 is 5.32 Å². The molecule has 9 atom stereocenters. The monoisotopic (exact) mass is 518 g/mol. The quantitative estimate of drug-likeness (QED) is 0.405. The minimum atomic E-state index is -5.28. The van der Waals surface area contributed by atoms with E-state index in [1.165, 1.54) is 0 Å². The number of carbonyl (C=O) groups excluding carboxylic acids is 1. The van der Waals surface area contributed by atoms with Gasteiger partial charge in [0.25, 0.3) is 0 Å². The Morgan fingerprint density at radius 2 is 1.86 bits per heavy atom. The van der Waals surface area contributed by atoms with Gasteiger partial charge in [-0.05, 0) is 110 Å². The molecule has 200 valence electrons. The summed E-state index contributed by atoms with van der Waals surface area (Å²) in [4.78, 5) is 22.8. The fraction of sp³-hybridized carbons (Fsp3) is 0.923. The highest BCUT2D eigenvalue weighted by molar-refractivity contribution is 7.80. The molecule has 0 spiro atoms. The van der Waals surface area contributed by atoms with E-state index < -0.39 is 53.1 Å². The maximum absolute atomic E-state index is 12.1. The zero-order chi connectivity index (χ0) is 30.1. The SMILES string of the molecule is [2H]C1([2H])C[C@@]2(C)[C@H](CC[C@@H]3[C@@H]2CC[C@]2(C)[C@@H]([C@H](C)CCC(=O)NCC(=O)O)CC[C@@H]32)C([2H])([2H])[C@]1([2H])OS(=O)(=O)O. The van der Waals surface area contributed by atoms with Crippen LogP contribution in [0, 0.1) is 46.3 Å². The van der Waals surface area contributed by atoms with Crippen LogP contribution in [0.25, 0.3) is 0 Å². The third kappa shape index (κ3) is 5.42. The van der Waals surface area contributed by atoms with Gasteiger partial charge in [-0.3, -0.25) is 14.1 Å². The van der Waals surface area contributed by atoms with E-state index in [1.54, 1.807) is 0 Å². The number of fused-ring (bicyclic) bond motifs is 5. The van der Waals surface area contributed by atoms with Gasteiger partial charge in [0.1, 0.15) is 6.54 Å². The van der Waals surface area contributed by atoms with Gasteiger partial charge in [-0.15, -0.1) is 0 Å². The molecule has 35 heavy (non-hydrogen) atoms. The highest BCUT2D eigenvalue weighted by Crippen LogP contribution is 2.68. The third-order valence-corrected chi connectivity index (χ3v) is 10.4. The largest absolute Gasteiger partial charge is 0.480 e. The lowest BCUT2D eigenvalue weighted by molar-refractivity contribution is -0.138. The molecule has 0 unspecified atom stereocenters. The summed E-state index contributed by atoms with van der Waals surface area (Å²) in [7, 11) is -5.28. The number of nitrogens with one attached hydrogen (secondary N) is 1. The number of hydrogen-bond donors (Lipinski definition) is 3. The molecule has 4 saturated carbocycles. The highest BCUT2D eigenvalue weighted by atomic mass is 32.3. The van der Waals surface area contributed by atoms with Gasteiger partial charge >= 0.3 is 16.4 Å². The van der Waals surface area contributed by atoms with E-state index in [-0.39, 0.29) is 41.9 Å². The van der Waals surface area contributed by atoms with Crippen molar-refractivity contribution >= 4 is 22.3 Å². The Bertz CT molecular complexity index is 1140. The summed E-state index contributed by atoms with van der Waals surface area (Å²) in [5.41, 5.74) is -0.808. The van der Waals surface area contributed by atoms with E-state index in [9.17, 15) is 22.6 Å². The van der Waals surface area contributed by atoms with Crippen molar-refractivity contribution in [2.75, 3.05) is 6.54 Å². The number of carbonyl (C=O) groups is 2. The second-order valence-corrected chi connectivity index (χ2v) is 12.8. The molecule has 4 rings (SSSR count). The normalized spacial score (nSPS) is 48.9. The van der Waals surface area contributed by atoms with Crippen LogP contribution in [0.3, 0.4) is 0 Å². The topological polar surface area (TPSA) is 130 Å². The van der Waals surface area contributed by atoms with Crippen molar-refractivity contribution in [2.45, 2.75) is 97.4 Å². The molecule has 0 aromatic carbocycles. The first-order valence-electron chi connectivity index (χ1n) is 15.4. The molecule has 0 radical (unpaired) electrons. The lowest BCUT2D eigenvalue weighted by Gasteiger charge is -2.61. The average molecular weight is 519 g/mol. The molecule has 0 bridgehead atoms. The van der Waals surface area contributed by atoms with Crippen molar-refractivity contribution in [1.29, 1.82) is 0 Å². The molecule has 0 aromatic heterocycles. The molecule has 3 N–H and O–H groups in total. The fourth-order valence-electron chi connectivity index (χ4n) is 8.38. The van der Waals surface area contributed by atoms with Gasteiger partial charge in [0.2, 0.25) is 5.91 Å². The van der Waals surface area contributed by atoms with Crippen molar-refractivity contribution in [3.05, 3.63) is 0 Å². The second kappa shape index (κ2) is 9.93. The zero-order valence-electron chi connectivity index (χ0n) is 25.9. The summed E-state index contributed by atoms with van der Waals surface area (Å²) in [5.74, 6) is -0.929. The molecule has 0 heterocycles. The predicted molar refractivity (Wildman–Crippen MR) is 131 cm³/mol. The summed E-state index contributed by atoms with van der Waals surface area (Å²) in [6, 6.07) is 0. The Kier molecular flexibility index (Phi) is 5.91. The number of aliphatic carboxylic acids is 1. The van der Waals surface area contributed by atoms with Crippen LogP contribution in [-0.4, -0.2) is 42.6 Å². The van der Waals surface area contributed by atoms with Crippen molar-refractivity contribution in [2.24, 2.45) is 46.3 Å². The van der Waals surface area contributed by atoms with Crippen molar-refractivity contribution in [3.8, 4) is 0 Å². The molecular weight excluding hydrogens is 470 g/mol. The Morgan fingerprint density at radius 3 is 2.54 bits per heavy atom. The standard InChI is InChI=1S/C26H43NO7S/c1-16(4-9-23(28)27-15-24(29)30)20-7-8-21-19-6-5-17-14-18(34-35(31,32)33)10-12-25(17,2)22(19)11-13-26(20,21)3/h16-22H,4-15H2,1-3H3,(H,27,28)(H,29,30)(H,31,32,33)/t16-,17-,18-,19+,20-,21+,22+,25+,26-/m1/s1/i10D2,14D2,18D. The zero-order valence-corrected chi connectivity index (χ0v) is 21.7. The number of carboxylic acids is 1. The molecule has 0 saturated heterocycles. The Balaban J connectivity index is 1.54. The molecule has 9 heteroatoms. The van der Waals surface area contributed by atoms with Crippen LogP contribution >= 0.6 is 0 Å². The molecule has 1 amide bonds. The molecule has 8 nitrogen and oxygen atoms in total. The van der Waals surface area contributed by atoms with Crippen LogP contribution in [-0.2, 0) is 24.2 Å². The van der Waals surface area contributed by atoms with Crippen LogP contribution in [0.2, 0.25) is 0 Å². The van der Waals surface area contributed by atoms with Gasteiger partial charge in [-0.2, -0.15) is 8.42 Å². The maximum Gasteiger partial charge on any atom is 0.397 e. The lowest BCUT2D eigenvalue weighted by Crippen LogP contribution is -2.54. The van der Waals surface area contributed by atoms with Gasteiger partial charge in [0.15, 0.2) is 0 Å². The second-order valence-electron chi connectivity index (χ2n) is 11.8. The van der Waals surface area contributed by atoms with Gasteiger partial charge < -0.3 is 10.4 Å². The summed E-state index contributed by atoms with van der Waals surface area (Å²) in [6.07, 6.45) is -3.07. The third-order valence-electron chi connectivity index (χ3n) is 10.0. The van der Waals surface area contributed by atoms with E-state index >= 15 is 0 Å². The summed E-state index contributed by atoms with van der Waals surface area (Å²) in [5, 5.41) is 11.2. The molecule has 4 aliphatic carbocycles. The first-order chi connectivity index (χ1) is 18.2. The smallest absolute Gasteiger partial charge is 0.397 e. The molecule has 4 aliphatic rings. The number of hydrogen-bond acceptors (Lipinski definition) is 5. The highest BCUT2D eigenvalue weighted by Gasteiger charge is 2.60. The van der Waals surface area contributed by atoms with Crippen molar-refractivity contribution in [3.63, 3.8) is 0 Å². The Hall–Kier alpha value is -1.19. The Labute approximate surface area is 216 Å². The average Bonchev–Trinajstić information content (AvgIpc) is 3.16. The minimum Gasteiger partial charge on any atom is -0.480 e. The van der Waals surface area contributed by atoms with Crippen LogP contribution in [0.4, 0.5) is 0 Å². The number of amides is 1. The summed E-state index contributed by atoms with van der Waals surface area (Å²) in [6.45, 7) is 5.97. The fourth-order valence-corrected chi connectivity index (χ4v) is 8.70. The van der Waals surface area contributed by atoms with Crippen LogP contribution in [0.1, 0.15) is 98.2 Å². The first-order valence-corrected chi connectivity index (χ1v) is 14.2. The molecule has 4 fully saturated rings. The van der Waals surface area contributed by atoms with Crippen LogP contribution in [0.15, 0.2) is 0 Å². The van der Waals surface area contributed by atoms with Gasteiger partial charge in [-0.1, -0.05) is 20.8 Å². The van der Waals surface area contributed by atoms with Gasteiger partial charge in [0.05, 0.1) is 7.45 Å². The maximum atomic E-state index is 12.1. The van der Waals surface area contributed by atoms with Gasteiger partial charge in [-0.25, -0.2) is 4.18 Å². The van der Waals surface area contributed by atoms with E-state index in [0.29, 0.717) is 31.1 Å². The Morgan fingerprint density at radius 1 is 1.14 bits per heavy atom. The minimum absolute atomic E-state index is 0.000566. The van der Waals surface area contributed by atoms with Gasteiger partial charge in [0, 0.05) is 11.9 Å². The van der Waals surface area contributed by atoms with Crippen molar-refractivity contribution in [1.82, 2.24) is 5.32 Å². The van der Waals surface area contributed by atoms with E-state index in [4.69, 9.17) is 12.0 Å². The van der Waals surface area contributed by atoms with E-state index in [0.717, 1.165) is 25.7 Å². The number of rotatable bonds is 8. The number of carboxylic acid groups (broad SMARTS) is 1. The molecule has 0 aliphatic heterocycles. The summed E-state index contributed by atoms with van der Waals surface area (Å²) >= 11 is 0. The molecule has 0 aromatic rings. The first kappa shape index (κ1) is 20.8. The summed E-state index contributed by atoms with van der Waals surface area (Å²) < 4.78 is 80.6. The predicted octanol–water partition coefficient (Wildman–Crippen LogP) is 4.45. The lowest BCUT2D eigenvalue weighted by atomic mass is 9.44.